The van der Waals surface area contributed by atoms with E-state index in [0.29, 0.717) is 11.8 Å². The molecule has 4 nitrogen and oxygen atoms in total. The molecule has 1 aliphatic carbocycles. The molecule has 0 saturated heterocycles. The summed E-state index contributed by atoms with van der Waals surface area (Å²) in [5.74, 6) is -1.45. The fraction of sp³-hybridized carbons (Fsp3) is 0.385. The molecule has 0 unspecified atom stereocenters. The maximum Gasteiger partial charge on any atom is 0.155 e. The number of rotatable bonds is 4. The highest BCUT2D eigenvalue weighted by Gasteiger charge is 2.72. The molecule has 0 N–H and O–H groups in total. The number of hydrogen-bond acceptors (Lipinski definition) is 4. The van der Waals surface area contributed by atoms with Crippen LogP contribution < -0.4 is 0 Å². The lowest BCUT2D eigenvalue weighted by Gasteiger charge is -2.00. The molecule has 1 aromatic carbocycles. The summed E-state index contributed by atoms with van der Waals surface area (Å²) in [6, 6.07) is 7.16. The van der Waals surface area contributed by atoms with Gasteiger partial charge in [-0.15, -0.1) is 0 Å². The van der Waals surface area contributed by atoms with Crippen LogP contribution in [0.2, 0.25) is 0 Å². The summed E-state index contributed by atoms with van der Waals surface area (Å²) >= 11 is 0. The van der Waals surface area contributed by atoms with E-state index in [2.05, 4.69) is 0 Å². The van der Waals surface area contributed by atoms with E-state index in [-0.39, 0.29) is 5.75 Å². The Balaban J connectivity index is 2.52. The summed E-state index contributed by atoms with van der Waals surface area (Å²) in [6.45, 7) is 1.46. The van der Waals surface area contributed by atoms with Crippen molar-refractivity contribution in [1.29, 1.82) is 5.26 Å². The van der Waals surface area contributed by atoms with E-state index < -0.39 is 32.2 Å². The van der Waals surface area contributed by atoms with Gasteiger partial charge in [0.15, 0.2) is 9.84 Å². The van der Waals surface area contributed by atoms with Crippen LogP contribution in [-0.2, 0) is 14.6 Å². The quantitative estimate of drug-likeness (QED) is 0.782. The number of sulfone groups is 1. The third-order valence-electron chi connectivity index (χ3n) is 3.56. The zero-order valence-electron chi connectivity index (χ0n) is 10.2. The van der Waals surface area contributed by atoms with Crippen LogP contribution in [0.3, 0.4) is 0 Å². The number of nitrogens with zero attached hydrogens (tertiary/aromatic N) is 1. The number of aldehydes is 1. The van der Waals surface area contributed by atoms with Crippen molar-refractivity contribution in [2.45, 2.75) is 18.1 Å². The lowest BCUT2D eigenvalue weighted by atomic mass is 10.0. The Labute approximate surface area is 110 Å². The molecular weight excluding hydrogens is 269 g/mol. The normalized spacial score (nSPS) is 29.5. The number of nitriles is 1. The van der Waals surface area contributed by atoms with Crippen LogP contribution in [0, 0.1) is 22.6 Å². The minimum atomic E-state index is -3.54. The molecule has 1 aliphatic rings. The summed E-state index contributed by atoms with van der Waals surface area (Å²) in [5.41, 5.74) is -1.21. The molecule has 1 aromatic rings. The maximum absolute atomic E-state index is 13.2. The Kier molecular flexibility index (Phi) is 3.19. The van der Waals surface area contributed by atoms with E-state index >= 15 is 0 Å². The lowest BCUT2D eigenvalue weighted by molar-refractivity contribution is -0.110. The van der Waals surface area contributed by atoms with Crippen LogP contribution in [0.4, 0.5) is 4.39 Å². The molecule has 0 aliphatic heterocycles. The monoisotopic (exact) mass is 281 g/mol. The predicted octanol–water partition coefficient (Wildman–Crippen LogP) is 1.44. The molecule has 19 heavy (non-hydrogen) atoms. The van der Waals surface area contributed by atoms with Crippen LogP contribution >= 0.6 is 0 Å². The smallest absolute Gasteiger partial charge is 0.155 e. The van der Waals surface area contributed by atoms with Crippen molar-refractivity contribution in [1.82, 2.24) is 0 Å². The van der Waals surface area contributed by atoms with Crippen molar-refractivity contribution in [2.75, 3.05) is 5.75 Å². The van der Waals surface area contributed by atoms with Gasteiger partial charge in [-0.1, -0.05) is 19.1 Å². The molecule has 100 valence electrons. The van der Waals surface area contributed by atoms with Crippen molar-refractivity contribution in [3.8, 4) is 6.07 Å². The highest BCUT2D eigenvalue weighted by Crippen LogP contribution is 2.61. The highest BCUT2D eigenvalue weighted by atomic mass is 32.2. The van der Waals surface area contributed by atoms with Crippen LogP contribution in [0.15, 0.2) is 24.3 Å². The van der Waals surface area contributed by atoms with E-state index in [9.17, 15) is 17.6 Å². The van der Waals surface area contributed by atoms with Crippen LogP contribution in [0.5, 0.6) is 0 Å². The first-order valence-corrected chi connectivity index (χ1v) is 7.49. The SMILES string of the molecule is CCS(=O)(=O)[C@H]1[C@@H](c2cccc(F)c2)[C@@]1(C#N)C=O. The summed E-state index contributed by atoms with van der Waals surface area (Å²) < 4.78 is 37.1. The summed E-state index contributed by atoms with van der Waals surface area (Å²) in [6.07, 6.45) is 0.375. The fourth-order valence-electron chi connectivity index (χ4n) is 2.51. The largest absolute Gasteiger partial charge is 0.302 e. The molecule has 0 bridgehead atoms. The van der Waals surface area contributed by atoms with E-state index in [4.69, 9.17) is 5.26 Å². The van der Waals surface area contributed by atoms with Crippen LogP contribution in [-0.4, -0.2) is 25.7 Å². The van der Waals surface area contributed by atoms with Gasteiger partial charge in [0.1, 0.15) is 17.5 Å². The van der Waals surface area contributed by atoms with E-state index in [1.54, 1.807) is 6.07 Å². The standard InChI is InChI=1S/C13H12FNO3S/c1-2-19(17,18)12-11(13(12,7-15)8-16)9-4-3-5-10(14)6-9/h3-6,8,11-12H,2H2,1H3/t11-,12+,13-/m1/s1. The first-order valence-electron chi connectivity index (χ1n) is 5.77. The molecule has 0 heterocycles. The molecule has 0 aromatic heterocycles. The molecular formula is C13H12FNO3S. The van der Waals surface area contributed by atoms with Gasteiger partial charge < -0.3 is 4.79 Å². The van der Waals surface area contributed by atoms with E-state index in [1.165, 1.54) is 31.2 Å². The Morgan fingerprint density at radius 1 is 1.53 bits per heavy atom. The Hall–Kier alpha value is -1.74. The highest BCUT2D eigenvalue weighted by molar-refractivity contribution is 7.92. The Morgan fingerprint density at radius 2 is 2.21 bits per heavy atom. The molecule has 0 spiro atoms. The third kappa shape index (κ3) is 1.94. The first kappa shape index (κ1) is 13.7. The van der Waals surface area contributed by atoms with Crippen LogP contribution in [0.1, 0.15) is 18.4 Å². The topological polar surface area (TPSA) is 75.0 Å². The zero-order valence-corrected chi connectivity index (χ0v) is 11.0. The van der Waals surface area contributed by atoms with E-state index in [1.807, 2.05) is 0 Å². The van der Waals surface area contributed by atoms with Crippen molar-refractivity contribution in [2.24, 2.45) is 5.41 Å². The van der Waals surface area contributed by atoms with Gasteiger partial charge >= 0.3 is 0 Å². The third-order valence-corrected chi connectivity index (χ3v) is 5.81. The summed E-state index contributed by atoms with van der Waals surface area (Å²) in [4.78, 5) is 11.2. The van der Waals surface area contributed by atoms with Crippen molar-refractivity contribution in [3.05, 3.63) is 35.6 Å². The minimum absolute atomic E-state index is 0.152. The maximum atomic E-state index is 13.2. The summed E-state index contributed by atoms with van der Waals surface area (Å²) in [7, 11) is -3.54. The predicted molar refractivity (Wildman–Crippen MR) is 66.5 cm³/mol. The van der Waals surface area contributed by atoms with Gasteiger partial charge in [-0.2, -0.15) is 5.26 Å². The molecule has 2 rings (SSSR count). The first-order chi connectivity index (χ1) is 8.93. The fourth-order valence-corrected chi connectivity index (χ4v) is 4.44. The molecule has 1 saturated carbocycles. The van der Waals surface area contributed by atoms with Crippen LogP contribution in [0.25, 0.3) is 0 Å². The number of hydrogen-bond donors (Lipinski definition) is 0. The number of carbonyl (C=O) groups is 1. The van der Waals surface area contributed by atoms with Gasteiger partial charge in [-0.3, -0.25) is 0 Å². The lowest BCUT2D eigenvalue weighted by Crippen LogP contribution is -2.17. The second-order valence-electron chi connectivity index (χ2n) is 4.57. The Morgan fingerprint density at radius 3 is 2.68 bits per heavy atom. The molecule has 0 radical (unpaired) electrons. The minimum Gasteiger partial charge on any atom is -0.302 e. The zero-order chi connectivity index (χ0) is 14.3. The summed E-state index contributed by atoms with van der Waals surface area (Å²) in [5, 5.41) is 8.07. The van der Waals surface area contributed by atoms with E-state index in [0.717, 1.165) is 0 Å². The number of halogens is 1. The second-order valence-corrected chi connectivity index (χ2v) is 6.98. The molecule has 0 amide bonds. The second kappa shape index (κ2) is 4.42. The van der Waals surface area contributed by atoms with Gasteiger partial charge in [0.05, 0.1) is 11.3 Å². The molecule has 6 heteroatoms. The van der Waals surface area contributed by atoms with Gasteiger partial charge in [0, 0.05) is 11.7 Å². The van der Waals surface area contributed by atoms with Crippen molar-refractivity contribution < 1.29 is 17.6 Å². The van der Waals surface area contributed by atoms with Gasteiger partial charge in [-0.05, 0) is 17.7 Å². The van der Waals surface area contributed by atoms with Gasteiger partial charge in [0.25, 0.3) is 0 Å². The average molecular weight is 281 g/mol. The van der Waals surface area contributed by atoms with Gasteiger partial charge in [-0.25, -0.2) is 12.8 Å². The van der Waals surface area contributed by atoms with Crippen molar-refractivity contribution in [3.63, 3.8) is 0 Å². The number of carbonyl (C=O) groups excluding carboxylic acids is 1. The average Bonchev–Trinajstić information content (AvgIpc) is 3.09. The molecule has 3 atom stereocenters. The Bertz CT molecular complexity index is 665. The molecule has 1 fully saturated rings. The number of benzene rings is 1. The van der Waals surface area contributed by atoms with Crippen molar-refractivity contribution >= 4 is 16.1 Å². The van der Waals surface area contributed by atoms with Gasteiger partial charge in [0.2, 0.25) is 0 Å².